The summed E-state index contributed by atoms with van der Waals surface area (Å²) in [5.41, 5.74) is 4.44. The Hall–Kier alpha value is -2.99. The monoisotopic (exact) mass is 349 g/mol. The Balaban J connectivity index is 1.40. The number of hydrogen-bond acceptors (Lipinski definition) is 5. The van der Waals surface area contributed by atoms with Crippen LogP contribution in [0, 0.1) is 0 Å². The molecule has 3 aromatic rings. The molecule has 132 valence electrons. The lowest BCUT2D eigenvalue weighted by atomic mass is 10.1. The molecule has 0 radical (unpaired) electrons. The fourth-order valence-corrected chi connectivity index (χ4v) is 3.49. The smallest absolute Gasteiger partial charge is 0.231 e. The van der Waals surface area contributed by atoms with Gasteiger partial charge in [0.25, 0.3) is 0 Å². The second-order valence-corrected chi connectivity index (χ2v) is 6.51. The quantitative estimate of drug-likeness (QED) is 0.787. The summed E-state index contributed by atoms with van der Waals surface area (Å²) in [6, 6.07) is 14.2. The average Bonchev–Trinajstić information content (AvgIpc) is 3.26. The molecule has 6 heteroatoms. The predicted octanol–water partition coefficient (Wildman–Crippen LogP) is 3.20. The first-order chi connectivity index (χ1) is 12.9. The second kappa shape index (κ2) is 6.38. The number of hydrogen-bond donors (Lipinski definition) is 1. The molecule has 2 aliphatic heterocycles. The molecule has 6 nitrogen and oxygen atoms in total. The number of ether oxygens (including phenoxy) is 3. The van der Waals surface area contributed by atoms with Crippen molar-refractivity contribution in [1.29, 1.82) is 0 Å². The zero-order valence-electron chi connectivity index (χ0n) is 14.3. The highest BCUT2D eigenvalue weighted by Crippen LogP contribution is 2.36. The van der Waals surface area contributed by atoms with Crippen LogP contribution in [0.25, 0.3) is 11.3 Å². The van der Waals surface area contributed by atoms with E-state index in [1.54, 1.807) is 0 Å². The van der Waals surface area contributed by atoms with Gasteiger partial charge in [0.2, 0.25) is 6.79 Å². The van der Waals surface area contributed by atoms with Crippen LogP contribution in [0.5, 0.6) is 17.2 Å². The van der Waals surface area contributed by atoms with E-state index in [0.29, 0.717) is 6.61 Å². The molecule has 0 aliphatic carbocycles. The first-order valence-electron chi connectivity index (χ1n) is 8.72. The fraction of sp³-hybridized carbons (Fsp3) is 0.250. The van der Waals surface area contributed by atoms with Gasteiger partial charge in [-0.05, 0) is 24.3 Å². The van der Waals surface area contributed by atoms with Crippen LogP contribution in [0.15, 0.2) is 48.7 Å². The Morgan fingerprint density at radius 3 is 2.92 bits per heavy atom. The van der Waals surface area contributed by atoms with Gasteiger partial charge in [0.15, 0.2) is 11.5 Å². The van der Waals surface area contributed by atoms with Crippen LogP contribution in [-0.2, 0) is 13.1 Å². The van der Waals surface area contributed by atoms with Gasteiger partial charge in [-0.1, -0.05) is 18.2 Å². The molecule has 0 saturated heterocycles. The third-order valence-corrected chi connectivity index (χ3v) is 4.80. The number of H-pyrrole nitrogens is 1. The Kier molecular flexibility index (Phi) is 3.75. The van der Waals surface area contributed by atoms with Gasteiger partial charge in [-0.2, -0.15) is 5.10 Å². The van der Waals surface area contributed by atoms with Crippen molar-refractivity contribution in [3.05, 3.63) is 59.8 Å². The standard InChI is InChI=1S/C20H19N3O3/c1-2-4-17-15(3-1)11-23(7-8-24-17)12-16-10-21-22-20(16)14-5-6-18-19(9-14)26-13-25-18/h1-6,9-10H,7-8,11-13H2,(H,21,22). The molecule has 0 saturated carbocycles. The Morgan fingerprint density at radius 1 is 1.00 bits per heavy atom. The van der Waals surface area contributed by atoms with E-state index in [1.807, 2.05) is 36.5 Å². The van der Waals surface area contributed by atoms with Crippen molar-refractivity contribution >= 4 is 0 Å². The van der Waals surface area contributed by atoms with E-state index >= 15 is 0 Å². The molecule has 2 aliphatic rings. The molecule has 3 heterocycles. The number of fused-ring (bicyclic) bond motifs is 2. The number of aromatic nitrogens is 2. The minimum atomic E-state index is 0.280. The van der Waals surface area contributed by atoms with Gasteiger partial charge in [0, 0.05) is 36.3 Å². The number of nitrogens with one attached hydrogen (secondary N) is 1. The highest BCUT2D eigenvalue weighted by Gasteiger charge is 2.19. The van der Waals surface area contributed by atoms with Crippen LogP contribution in [0.4, 0.5) is 0 Å². The molecule has 2 aromatic carbocycles. The number of aromatic amines is 1. The third kappa shape index (κ3) is 2.78. The van der Waals surface area contributed by atoms with Crippen molar-refractivity contribution in [3.63, 3.8) is 0 Å². The fourth-order valence-electron chi connectivity index (χ4n) is 3.49. The van der Waals surface area contributed by atoms with Gasteiger partial charge in [-0.25, -0.2) is 0 Å². The molecule has 0 spiro atoms. The van der Waals surface area contributed by atoms with Crippen molar-refractivity contribution in [2.45, 2.75) is 13.1 Å². The zero-order valence-corrected chi connectivity index (χ0v) is 14.3. The third-order valence-electron chi connectivity index (χ3n) is 4.80. The minimum absolute atomic E-state index is 0.280. The van der Waals surface area contributed by atoms with Crippen molar-refractivity contribution < 1.29 is 14.2 Å². The van der Waals surface area contributed by atoms with E-state index in [9.17, 15) is 0 Å². The summed E-state index contributed by atoms with van der Waals surface area (Å²) in [4.78, 5) is 2.38. The van der Waals surface area contributed by atoms with Crippen molar-refractivity contribution in [2.24, 2.45) is 0 Å². The lowest BCUT2D eigenvalue weighted by Crippen LogP contribution is -2.25. The predicted molar refractivity (Wildman–Crippen MR) is 96.2 cm³/mol. The summed E-state index contributed by atoms with van der Waals surface area (Å²) in [5, 5.41) is 7.40. The maximum atomic E-state index is 5.87. The van der Waals surface area contributed by atoms with Crippen LogP contribution in [0.1, 0.15) is 11.1 Å². The molecule has 1 aromatic heterocycles. The van der Waals surface area contributed by atoms with Crippen molar-refractivity contribution in [2.75, 3.05) is 19.9 Å². The van der Waals surface area contributed by atoms with Gasteiger partial charge < -0.3 is 14.2 Å². The van der Waals surface area contributed by atoms with E-state index in [4.69, 9.17) is 14.2 Å². The summed E-state index contributed by atoms with van der Waals surface area (Å²) in [6.45, 7) is 3.51. The summed E-state index contributed by atoms with van der Waals surface area (Å²) in [6.07, 6.45) is 1.90. The molecule has 0 amide bonds. The van der Waals surface area contributed by atoms with Gasteiger partial charge in [0.05, 0.1) is 11.9 Å². The van der Waals surface area contributed by atoms with Crippen LogP contribution in [-0.4, -0.2) is 35.0 Å². The first-order valence-corrected chi connectivity index (χ1v) is 8.72. The minimum Gasteiger partial charge on any atom is -0.492 e. The summed E-state index contributed by atoms with van der Waals surface area (Å²) < 4.78 is 16.8. The Labute approximate surface area is 151 Å². The molecular formula is C20H19N3O3. The molecule has 0 unspecified atom stereocenters. The maximum Gasteiger partial charge on any atom is 0.231 e. The summed E-state index contributed by atoms with van der Waals surface area (Å²) in [5.74, 6) is 2.55. The van der Waals surface area contributed by atoms with E-state index in [0.717, 1.165) is 53.7 Å². The molecule has 26 heavy (non-hydrogen) atoms. The Morgan fingerprint density at radius 2 is 1.92 bits per heavy atom. The molecule has 0 bridgehead atoms. The highest BCUT2D eigenvalue weighted by molar-refractivity contribution is 5.66. The number of para-hydroxylation sites is 1. The molecule has 0 atom stereocenters. The van der Waals surface area contributed by atoms with Gasteiger partial charge in [-0.15, -0.1) is 0 Å². The van der Waals surface area contributed by atoms with Gasteiger partial charge >= 0.3 is 0 Å². The number of rotatable bonds is 3. The molecular weight excluding hydrogens is 330 g/mol. The normalized spacial score (nSPS) is 16.0. The Bertz CT molecular complexity index is 938. The van der Waals surface area contributed by atoms with Gasteiger partial charge in [0.1, 0.15) is 12.4 Å². The lowest BCUT2D eigenvalue weighted by molar-refractivity contribution is 0.174. The largest absolute Gasteiger partial charge is 0.492 e. The lowest BCUT2D eigenvalue weighted by Gasteiger charge is -2.19. The van der Waals surface area contributed by atoms with E-state index in [2.05, 4.69) is 27.2 Å². The zero-order chi connectivity index (χ0) is 17.3. The van der Waals surface area contributed by atoms with Crippen LogP contribution >= 0.6 is 0 Å². The maximum absolute atomic E-state index is 5.87. The second-order valence-electron chi connectivity index (χ2n) is 6.51. The van der Waals surface area contributed by atoms with Gasteiger partial charge in [-0.3, -0.25) is 10.00 Å². The van der Waals surface area contributed by atoms with E-state index < -0.39 is 0 Å². The summed E-state index contributed by atoms with van der Waals surface area (Å²) in [7, 11) is 0. The van der Waals surface area contributed by atoms with Crippen LogP contribution in [0.3, 0.4) is 0 Å². The summed E-state index contributed by atoms with van der Waals surface area (Å²) >= 11 is 0. The van der Waals surface area contributed by atoms with Crippen molar-refractivity contribution in [1.82, 2.24) is 15.1 Å². The van der Waals surface area contributed by atoms with Crippen LogP contribution < -0.4 is 14.2 Å². The first kappa shape index (κ1) is 15.3. The molecule has 5 rings (SSSR count). The SMILES string of the molecule is c1ccc2c(c1)CN(Cc1cn[nH]c1-c1ccc3c(c1)OCO3)CCO2. The number of nitrogens with zero attached hydrogens (tertiary/aromatic N) is 2. The van der Waals surface area contributed by atoms with E-state index in [-0.39, 0.29) is 6.79 Å². The van der Waals surface area contributed by atoms with Crippen molar-refractivity contribution in [3.8, 4) is 28.5 Å². The van der Waals surface area contributed by atoms with Crippen LogP contribution in [0.2, 0.25) is 0 Å². The highest BCUT2D eigenvalue weighted by atomic mass is 16.7. The number of benzene rings is 2. The topological polar surface area (TPSA) is 59.6 Å². The average molecular weight is 349 g/mol. The molecule has 0 fully saturated rings. The molecule has 1 N–H and O–H groups in total. The van der Waals surface area contributed by atoms with E-state index in [1.165, 1.54) is 5.56 Å².